The number of hydrogen-bond donors (Lipinski definition) is 0. The lowest BCUT2D eigenvalue weighted by atomic mass is 10.3. The molecule has 0 N–H and O–H groups in total. The van der Waals surface area contributed by atoms with Gasteiger partial charge < -0.3 is 4.74 Å². The van der Waals surface area contributed by atoms with Gasteiger partial charge in [-0.15, -0.1) is 0 Å². The minimum atomic E-state index is -0.168. The van der Waals surface area contributed by atoms with Crippen LogP contribution in [-0.2, 0) is 7.05 Å². The lowest BCUT2D eigenvalue weighted by molar-refractivity contribution is 0.101. The fourth-order valence-electron chi connectivity index (χ4n) is 0.929. The topological polar surface area (TPSA) is 44.1 Å². The molecule has 0 aliphatic rings. The Hall–Kier alpha value is -1.03. The molecule has 0 radical (unpaired) electrons. The molecule has 4 nitrogen and oxygen atoms in total. The molecule has 0 unspecified atom stereocenters. The molecule has 0 amide bonds. The van der Waals surface area contributed by atoms with Gasteiger partial charge in [-0.3, -0.25) is 4.79 Å². The van der Waals surface area contributed by atoms with Gasteiger partial charge in [-0.25, -0.2) is 4.68 Å². The van der Waals surface area contributed by atoms with Gasteiger partial charge in [-0.05, 0) is 0 Å². The van der Waals surface area contributed by atoms with Crippen molar-refractivity contribution in [1.82, 2.24) is 9.78 Å². The Kier molecular flexibility index (Phi) is 2.38. The Morgan fingerprint density at radius 3 is 2.50 bits per heavy atom. The van der Waals surface area contributed by atoms with Gasteiger partial charge in [-0.1, -0.05) is 11.6 Å². The molecule has 66 valence electrons. The van der Waals surface area contributed by atoms with Crippen LogP contribution in [0.2, 0.25) is 5.02 Å². The van der Waals surface area contributed by atoms with Crippen LogP contribution in [0.5, 0.6) is 5.88 Å². The van der Waals surface area contributed by atoms with Crippen LogP contribution in [0.3, 0.4) is 0 Å². The van der Waals surface area contributed by atoms with Gasteiger partial charge >= 0.3 is 0 Å². The molecule has 5 heteroatoms. The maximum absolute atomic E-state index is 10.9. The summed E-state index contributed by atoms with van der Waals surface area (Å²) in [7, 11) is 3.14. The average Bonchev–Trinajstić information content (AvgIpc) is 2.27. The first-order valence-electron chi connectivity index (χ1n) is 3.35. The van der Waals surface area contributed by atoms with E-state index in [9.17, 15) is 4.79 Å². The predicted octanol–water partition coefficient (Wildman–Crippen LogP) is 1.28. The van der Waals surface area contributed by atoms with Gasteiger partial charge in [0, 0.05) is 14.0 Å². The molecule has 0 bridgehead atoms. The zero-order valence-electron chi connectivity index (χ0n) is 7.09. The van der Waals surface area contributed by atoms with Crippen molar-refractivity contribution in [3.05, 3.63) is 10.7 Å². The molecule has 0 aliphatic heterocycles. The molecule has 0 fully saturated rings. The zero-order valence-corrected chi connectivity index (χ0v) is 7.84. The zero-order chi connectivity index (χ0) is 9.30. The first kappa shape index (κ1) is 9.06. The van der Waals surface area contributed by atoms with Gasteiger partial charge in [0.2, 0.25) is 5.88 Å². The number of ketones is 1. The second-order valence-electron chi connectivity index (χ2n) is 2.35. The van der Waals surface area contributed by atoms with Crippen molar-refractivity contribution < 1.29 is 9.53 Å². The molecule has 1 heterocycles. The average molecular weight is 189 g/mol. The minimum Gasteiger partial charge on any atom is -0.480 e. The van der Waals surface area contributed by atoms with Crippen LogP contribution in [0.1, 0.15) is 17.4 Å². The molecule has 0 aliphatic carbocycles. The van der Waals surface area contributed by atoms with Gasteiger partial charge in [0.15, 0.2) is 11.5 Å². The highest BCUT2D eigenvalue weighted by Gasteiger charge is 2.17. The van der Waals surface area contributed by atoms with Crippen molar-refractivity contribution in [1.29, 1.82) is 0 Å². The predicted molar refractivity (Wildman–Crippen MR) is 44.8 cm³/mol. The Morgan fingerprint density at radius 2 is 2.25 bits per heavy atom. The number of nitrogens with zero attached hydrogens (tertiary/aromatic N) is 2. The molecular weight excluding hydrogens is 180 g/mol. The second-order valence-corrected chi connectivity index (χ2v) is 2.73. The van der Waals surface area contributed by atoms with Crippen LogP contribution < -0.4 is 4.74 Å². The number of carbonyl (C=O) groups is 1. The highest BCUT2D eigenvalue weighted by Crippen LogP contribution is 2.26. The second kappa shape index (κ2) is 3.15. The number of methoxy groups -OCH3 is 1. The third-order valence-corrected chi connectivity index (χ3v) is 1.81. The van der Waals surface area contributed by atoms with Crippen LogP contribution >= 0.6 is 11.6 Å². The Morgan fingerprint density at radius 1 is 1.67 bits per heavy atom. The molecular formula is C7H9ClN2O2. The van der Waals surface area contributed by atoms with Crippen LogP contribution in [0.15, 0.2) is 0 Å². The number of halogens is 1. The van der Waals surface area contributed by atoms with E-state index in [0.717, 1.165) is 0 Å². The first-order chi connectivity index (χ1) is 5.57. The maximum atomic E-state index is 10.9. The van der Waals surface area contributed by atoms with Gasteiger partial charge in [0.1, 0.15) is 5.02 Å². The van der Waals surface area contributed by atoms with Crippen molar-refractivity contribution in [2.75, 3.05) is 7.11 Å². The molecule has 1 rings (SSSR count). The summed E-state index contributed by atoms with van der Waals surface area (Å²) in [5.74, 6) is 0.237. The fourth-order valence-corrected chi connectivity index (χ4v) is 1.30. The van der Waals surface area contributed by atoms with Gasteiger partial charge in [-0.2, -0.15) is 5.10 Å². The monoisotopic (exact) mass is 188 g/mol. The quantitative estimate of drug-likeness (QED) is 0.657. The fraction of sp³-hybridized carbons (Fsp3) is 0.429. The van der Waals surface area contributed by atoms with E-state index in [1.54, 1.807) is 7.05 Å². The number of rotatable bonds is 2. The number of carbonyl (C=O) groups excluding carboxylic acids is 1. The van der Waals surface area contributed by atoms with E-state index in [1.807, 2.05) is 0 Å². The van der Waals surface area contributed by atoms with Crippen LogP contribution in [0.25, 0.3) is 0 Å². The van der Waals surface area contributed by atoms with E-state index < -0.39 is 0 Å². The Labute approximate surface area is 75.1 Å². The molecule has 0 saturated heterocycles. The van der Waals surface area contributed by atoms with Crippen molar-refractivity contribution >= 4 is 17.4 Å². The van der Waals surface area contributed by atoms with Crippen molar-refractivity contribution in [3.63, 3.8) is 0 Å². The molecule has 0 aromatic carbocycles. The molecule has 1 aromatic rings. The van der Waals surface area contributed by atoms with Crippen molar-refractivity contribution in [3.8, 4) is 5.88 Å². The Bertz CT molecular complexity index is 319. The first-order valence-corrected chi connectivity index (χ1v) is 3.73. The van der Waals surface area contributed by atoms with Crippen LogP contribution in [-0.4, -0.2) is 22.7 Å². The molecule has 1 aromatic heterocycles. The van der Waals surface area contributed by atoms with E-state index in [4.69, 9.17) is 16.3 Å². The standard InChI is InChI=1S/C7H9ClN2O2/c1-4(11)6-5(8)7(12-3)10(2)9-6/h1-3H3. The van der Waals surface area contributed by atoms with E-state index in [2.05, 4.69) is 5.10 Å². The van der Waals surface area contributed by atoms with E-state index in [-0.39, 0.29) is 16.5 Å². The van der Waals surface area contributed by atoms with E-state index in [1.165, 1.54) is 18.7 Å². The number of ether oxygens (including phenoxy) is 1. The summed E-state index contributed by atoms with van der Waals surface area (Å²) in [5, 5.41) is 4.16. The summed E-state index contributed by atoms with van der Waals surface area (Å²) >= 11 is 5.80. The van der Waals surface area contributed by atoms with Crippen molar-refractivity contribution in [2.24, 2.45) is 7.05 Å². The third kappa shape index (κ3) is 1.30. The number of aromatic nitrogens is 2. The normalized spacial score (nSPS) is 10.0. The smallest absolute Gasteiger partial charge is 0.231 e. The summed E-state index contributed by atoms with van der Waals surface area (Å²) in [6.07, 6.45) is 0. The number of hydrogen-bond acceptors (Lipinski definition) is 3. The summed E-state index contributed by atoms with van der Waals surface area (Å²) in [6.45, 7) is 1.41. The highest BCUT2D eigenvalue weighted by atomic mass is 35.5. The van der Waals surface area contributed by atoms with Crippen LogP contribution in [0.4, 0.5) is 0 Å². The summed E-state index contributed by atoms with van der Waals surface area (Å²) in [4.78, 5) is 10.9. The lowest BCUT2D eigenvalue weighted by Gasteiger charge is -1.97. The highest BCUT2D eigenvalue weighted by molar-refractivity contribution is 6.34. The number of aryl methyl sites for hydroxylation is 1. The molecule has 12 heavy (non-hydrogen) atoms. The Balaban J connectivity index is 3.26. The van der Waals surface area contributed by atoms with E-state index >= 15 is 0 Å². The SMILES string of the molecule is COc1c(Cl)c(C(C)=O)nn1C. The maximum Gasteiger partial charge on any atom is 0.231 e. The summed E-state index contributed by atoms with van der Waals surface area (Å²) in [6, 6.07) is 0. The lowest BCUT2D eigenvalue weighted by Crippen LogP contribution is -1.97. The molecule has 0 atom stereocenters. The largest absolute Gasteiger partial charge is 0.480 e. The minimum absolute atomic E-state index is 0.168. The molecule has 0 spiro atoms. The van der Waals surface area contributed by atoms with Gasteiger partial charge in [0.25, 0.3) is 0 Å². The van der Waals surface area contributed by atoms with Crippen LogP contribution in [0, 0.1) is 0 Å². The summed E-state index contributed by atoms with van der Waals surface area (Å²) < 4.78 is 6.35. The number of Topliss-reactive ketones (excluding diaryl/α,β-unsaturated/α-hetero) is 1. The van der Waals surface area contributed by atoms with E-state index in [0.29, 0.717) is 5.88 Å². The summed E-state index contributed by atoms with van der Waals surface area (Å²) in [5.41, 5.74) is 0.246. The van der Waals surface area contributed by atoms with Gasteiger partial charge in [0.05, 0.1) is 7.11 Å². The molecule has 0 saturated carbocycles. The van der Waals surface area contributed by atoms with Crippen molar-refractivity contribution in [2.45, 2.75) is 6.92 Å². The third-order valence-electron chi connectivity index (χ3n) is 1.47.